The van der Waals surface area contributed by atoms with Crippen LogP contribution in [0.2, 0.25) is 0 Å². The molecule has 0 saturated carbocycles. The predicted molar refractivity (Wildman–Crippen MR) is 114 cm³/mol. The zero-order valence-electron chi connectivity index (χ0n) is 17.5. The van der Waals surface area contributed by atoms with Crippen molar-refractivity contribution in [2.75, 3.05) is 37.9 Å². The quantitative estimate of drug-likeness (QED) is 0.507. The molecule has 0 atom stereocenters. The first-order valence-corrected chi connectivity index (χ1v) is 10.0. The molecule has 29 heavy (non-hydrogen) atoms. The van der Waals surface area contributed by atoms with Gasteiger partial charge >= 0.3 is 0 Å². The first-order chi connectivity index (χ1) is 14.2. The Morgan fingerprint density at radius 2 is 1.86 bits per heavy atom. The molecule has 7 nitrogen and oxygen atoms in total. The van der Waals surface area contributed by atoms with Crippen LogP contribution < -0.4 is 24.8 Å². The van der Waals surface area contributed by atoms with Gasteiger partial charge in [0.1, 0.15) is 23.2 Å². The molecule has 0 unspecified atom stereocenters. The maximum Gasteiger partial charge on any atom is 0.226 e. The van der Waals surface area contributed by atoms with Crippen LogP contribution in [0.5, 0.6) is 23.1 Å². The number of nitrogens with one attached hydrogen (secondary N) is 2. The van der Waals surface area contributed by atoms with E-state index in [1.54, 1.807) is 14.2 Å². The largest absolute Gasteiger partial charge is 0.493 e. The van der Waals surface area contributed by atoms with E-state index in [1.807, 2.05) is 12.1 Å². The van der Waals surface area contributed by atoms with E-state index in [2.05, 4.69) is 35.5 Å². The molecule has 0 aliphatic carbocycles. The lowest BCUT2D eigenvalue weighted by molar-refractivity contribution is 0.349. The van der Waals surface area contributed by atoms with E-state index < -0.39 is 0 Å². The number of hydrogen-bond acceptors (Lipinski definition) is 7. The second kappa shape index (κ2) is 9.37. The van der Waals surface area contributed by atoms with Crippen molar-refractivity contribution in [3.05, 3.63) is 28.8 Å². The summed E-state index contributed by atoms with van der Waals surface area (Å²) in [6.07, 6.45) is 3.60. The van der Waals surface area contributed by atoms with Crippen molar-refractivity contribution in [2.45, 2.75) is 39.5 Å². The summed E-state index contributed by atoms with van der Waals surface area (Å²) in [7, 11) is 3.21. The molecule has 0 radical (unpaired) electrons. The third-order valence-corrected chi connectivity index (χ3v) is 4.89. The molecule has 0 saturated heterocycles. The number of pyridine rings is 1. The number of methoxy groups -OCH3 is 2. The monoisotopic (exact) mass is 396 g/mol. The lowest BCUT2D eigenvalue weighted by Crippen LogP contribution is -2.15. The first-order valence-electron chi connectivity index (χ1n) is 10.0. The molecule has 3 rings (SSSR count). The Kier molecular flexibility index (Phi) is 6.65. The van der Waals surface area contributed by atoms with Gasteiger partial charge in [-0.05, 0) is 18.9 Å². The summed E-state index contributed by atoms with van der Waals surface area (Å²) >= 11 is 0. The molecule has 0 spiro atoms. The minimum Gasteiger partial charge on any atom is -0.493 e. The summed E-state index contributed by atoms with van der Waals surface area (Å²) in [5.41, 5.74) is 3.17. The van der Waals surface area contributed by atoms with Crippen molar-refractivity contribution in [3.8, 4) is 29.2 Å². The third kappa shape index (κ3) is 4.16. The maximum atomic E-state index is 9.86. The highest BCUT2D eigenvalue weighted by Gasteiger charge is 2.27. The summed E-state index contributed by atoms with van der Waals surface area (Å²) in [5.74, 6) is 3.01. The van der Waals surface area contributed by atoms with Gasteiger partial charge in [-0.3, -0.25) is 0 Å². The SMILES string of the molecule is CCCCNc1nc2c(c(NCCC)c1C#N)Cc1cc(OC)c(OC)cc1O2. The highest BCUT2D eigenvalue weighted by Crippen LogP contribution is 2.45. The summed E-state index contributed by atoms with van der Waals surface area (Å²) < 4.78 is 17.0. The highest BCUT2D eigenvalue weighted by atomic mass is 16.5. The van der Waals surface area contributed by atoms with E-state index in [4.69, 9.17) is 14.2 Å². The van der Waals surface area contributed by atoms with Gasteiger partial charge in [0.15, 0.2) is 11.5 Å². The lowest BCUT2D eigenvalue weighted by atomic mass is 9.98. The Labute approximate surface area is 172 Å². The van der Waals surface area contributed by atoms with Crippen molar-refractivity contribution >= 4 is 11.5 Å². The molecule has 1 aromatic heterocycles. The standard InChI is InChI=1S/C22H28N4O3/c1-5-7-9-25-21-16(13-23)20(24-8-6-2)15-10-14-11-18(27-3)19(28-4)12-17(14)29-22(15)26-21/h11-12H,5-10H2,1-4H3,(H2,24,25,26). The van der Waals surface area contributed by atoms with Crippen LogP contribution in [0, 0.1) is 11.3 Å². The summed E-state index contributed by atoms with van der Waals surface area (Å²) in [6, 6.07) is 6.06. The Bertz CT molecular complexity index is 921. The van der Waals surface area contributed by atoms with Crippen molar-refractivity contribution in [1.82, 2.24) is 4.98 Å². The molecule has 1 aliphatic rings. The Morgan fingerprint density at radius 3 is 2.52 bits per heavy atom. The van der Waals surface area contributed by atoms with Crippen molar-refractivity contribution < 1.29 is 14.2 Å². The fraction of sp³-hybridized carbons (Fsp3) is 0.455. The van der Waals surface area contributed by atoms with Gasteiger partial charge in [-0.15, -0.1) is 0 Å². The van der Waals surface area contributed by atoms with E-state index in [9.17, 15) is 5.26 Å². The fourth-order valence-corrected chi connectivity index (χ4v) is 3.35. The Balaban J connectivity index is 2.08. The number of nitriles is 1. The topological polar surface area (TPSA) is 88.4 Å². The van der Waals surface area contributed by atoms with Gasteiger partial charge in [0, 0.05) is 36.7 Å². The van der Waals surface area contributed by atoms with Crippen LogP contribution in [0.4, 0.5) is 11.5 Å². The molecule has 1 aromatic carbocycles. The molecule has 154 valence electrons. The van der Waals surface area contributed by atoms with E-state index in [0.717, 1.165) is 49.2 Å². The minimum absolute atomic E-state index is 0.515. The average Bonchev–Trinajstić information content (AvgIpc) is 2.75. The lowest BCUT2D eigenvalue weighted by Gasteiger charge is -2.25. The molecule has 7 heteroatoms. The molecule has 2 aromatic rings. The number of fused-ring (bicyclic) bond motifs is 2. The number of unbranched alkanes of at least 4 members (excludes halogenated alkanes) is 1. The van der Waals surface area contributed by atoms with Gasteiger partial charge in [0.25, 0.3) is 0 Å². The molecule has 0 bridgehead atoms. The molecule has 2 heterocycles. The smallest absolute Gasteiger partial charge is 0.226 e. The second-order valence-electron chi connectivity index (χ2n) is 6.91. The number of rotatable bonds is 9. The number of benzene rings is 1. The van der Waals surface area contributed by atoms with Crippen LogP contribution in [-0.4, -0.2) is 32.3 Å². The molecular weight excluding hydrogens is 368 g/mol. The van der Waals surface area contributed by atoms with Crippen LogP contribution in [0.1, 0.15) is 49.8 Å². The van der Waals surface area contributed by atoms with E-state index in [1.165, 1.54) is 0 Å². The first kappa shape index (κ1) is 20.6. The number of anilines is 2. The van der Waals surface area contributed by atoms with Crippen molar-refractivity contribution in [2.24, 2.45) is 0 Å². The zero-order valence-corrected chi connectivity index (χ0v) is 17.5. The number of hydrogen-bond donors (Lipinski definition) is 2. The fourth-order valence-electron chi connectivity index (χ4n) is 3.35. The number of aromatic nitrogens is 1. The molecule has 2 N–H and O–H groups in total. The van der Waals surface area contributed by atoms with Gasteiger partial charge in [-0.1, -0.05) is 20.3 Å². The second-order valence-corrected chi connectivity index (χ2v) is 6.91. The summed E-state index contributed by atoms with van der Waals surface area (Å²) in [4.78, 5) is 4.65. The molecular formula is C22H28N4O3. The van der Waals surface area contributed by atoms with Crippen molar-refractivity contribution in [1.29, 1.82) is 5.26 Å². The molecule has 1 aliphatic heterocycles. The van der Waals surface area contributed by atoms with Gasteiger partial charge in [-0.2, -0.15) is 10.2 Å². The van der Waals surface area contributed by atoms with Gasteiger partial charge in [-0.25, -0.2) is 0 Å². The summed E-state index contributed by atoms with van der Waals surface area (Å²) in [6.45, 7) is 5.74. The third-order valence-electron chi connectivity index (χ3n) is 4.89. The minimum atomic E-state index is 0.515. The van der Waals surface area contributed by atoms with Crippen LogP contribution in [0.3, 0.4) is 0 Å². The molecule has 0 amide bonds. The van der Waals surface area contributed by atoms with Gasteiger partial charge in [0.2, 0.25) is 5.88 Å². The Hall–Kier alpha value is -3.14. The number of ether oxygens (including phenoxy) is 3. The van der Waals surface area contributed by atoms with E-state index in [-0.39, 0.29) is 0 Å². The highest BCUT2D eigenvalue weighted by molar-refractivity contribution is 5.76. The van der Waals surface area contributed by atoms with Gasteiger partial charge in [0.05, 0.1) is 19.9 Å². The van der Waals surface area contributed by atoms with E-state index in [0.29, 0.717) is 40.9 Å². The van der Waals surface area contributed by atoms with Crippen molar-refractivity contribution in [3.63, 3.8) is 0 Å². The van der Waals surface area contributed by atoms with Crippen LogP contribution in [0.25, 0.3) is 0 Å². The number of nitrogens with zero attached hydrogens (tertiary/aromatic N) is 2. The maximum absolute atomic E-state index is 9.86. The van der Waals surface area contributed by atoms with Gasteiger partial charge < -0.3 is 24.8 Å². The normalized spacial score (nSPS) is 11.6. The average molecular weight is 396 g/mol. The van der Waals surface area contributed by atoms with Crippen LogP contribution >= 0.6 is 0 Å². The van der Waals surface area contributed by atoms with Crippen LogP contribution in [0.15, 0.2) is 12.1 Å². The van der Waals surface area contributed by atoms with E-state index >= 15 is 0 Å². The predicted octanol–water partition coefficient (Wildman–Crippen LogP) is 4.70. The zero-order chi connectivity index (χ0) is 20.8. The Morgan fingerprint density at radius 1 is 1.10 bits per heavy atom. The molecule has 0 fully saturated rings. The summed E-state index contributed by atoms with van der Waals surface area (Å²) in [5, 5.41) is 16.6. The van der Waals surface area contributed by atoms with Crippen LogP contribution in [-0.2, 0) is 6.42 Å².